The quantitative estimate of drug-likeness (QED) is 0.573. The maximum absolute atomic E-state index is 5.41. The highest BCUT2D eigenvalue weighted by Gasteiger charge is 2.17. The van der Waals surface area contributed by atoms with E-state index >= 15 is 0 Å². The molecule has 1 heteroatoms. The first kappa shape index (κ1) is 7.64. The molecule has 0 aromatic heterocycles. The first-order valence-corrected chi connectivity index (χ1v) is 4.08. The normalized spacial score (nSPS) is 24.8. The third kappa shape index (κ3) is 1.53. The van der Waals surface area contributed by atoms with E-state index in [2.05, 4.69) is 20.8 Å². The Bertz CT molecular complexity index is 136. The third-order valence-corrected chi connectivity index (χ3v) is 2.07. The Morgan fingerprint density at radius 1 is 1.70 bits per heavy atom. The smallest absolute Gasteiger partial charge is 0.101 e. The molecule has 1 nitrogen and oxygen atoms in total. The third-order valence-electron chi connectivity index (χ3n) is 2.07. The summed E-state index contributed by atoms with van der Waals surface area (Å²) in [6.07, 6.45) is 4.69. The summed E-state index contributed by atoms with van der Waals surface area (Å²) in [5.74, 6) is 0.663. The lowest BCUT2D eigenvalue weighted by atomic mass is 10.00. The molecule has 1 rings (SSSR count). The largest absolute Gasteiger partial charge is 0.498 e. The molecule has 1 unspecified atom stereocenters. The number of ether oxygens (including phenoxy) is 1. The average Bonchev–Trinajstić information content (AvgIpc) is 2.34. The zero-order chi connectivity index (χ0) is 7.56. The molecule has 0 radical (unpaired) electrons. The predicted molar refractivity (Wildman–Crippen MR) is 42.7 cm³/mol. The molecule has 0 N–H and O–H groups in total. The molecule has 0 aliphatic carbocycles. The second-order valence-electron chi connectivity index (χ2n) is 3.22. The molecule has 1 aliphatic heterocycles. The van der Waals surface area contributed by atoms with E-state index < -0.39 is 0 Å². The fourth-order valence-corrected chi connectivity index (χ4v) is 1.16. The molecule has 0 aromatic carbocycles. The van der Waals surface area contributed by atoms with Gasteiger partial charge in [0.25, 0.3) is 0 Å². The summed E-state index contributed by atoms with van der Waals surface area (Å²) < 4.78 is 5.41. The fraction of sp³-hybridized carbons (Fsp3) is 0.778. The van der Waals surface area contributed by atoms with Crippen LogP contribution in [0.4, 0.5) is 0 Å². The van der Waals surface area contributed by atoms with Gasteiger partial charge in [0.1, 0.15) is 6.10 Å². The van der Waals surface area contributed by atoms with E-state index in [0.717, 1.165) is 12.8 Å². The second-order valence-corrected chi connectivity index (χ2v) is 3.22. The van der Waals surface area contributed by atoms with E-state index in [4.69, 9.17) is 4.74 Å². The molecular weight excluding hydrogens is 124 g/mol. The maximum Gasteiger partial charge on any atom is 0.101 e. The van der Waals surface area contributed by atoms with Crippen molar-refractivity contribution < 1.29 is 4.74 Å². The van der Waals surface area contributed by atoms with Gasteiger partial charge in [0.05, 0.1) is 6.26 Å². The Kier molecular flexibility index (Phi) is 2.36. The van der Waals surface area contributed by atoms with Gasteiger partial charge >= 0.3 is 0 Å². The predicted octanol–water partition coefficient (Wildman–Crippen LogP) is 2.73. The van der Waals surface area contributed by atoms with E-state index in [0.29, 0.717) is 12.0 Å². The van der Waals surface area contributed by atoms with Crippen LogP contribution in [0, 0.1) is 5.92 Å². The van der Waals surface area contributed by atoms with Gasteiger partial charge in [-0.05, 0) is 17.9 Å². The van der Waals surface area contributed by atoms with Crippen LogP contribution in [0.1, 0.15) is 33.6 Å². The van der Waals surface area contributed by atoms with Gasteiger partial charge in [-0.1, -0.05) is 20.8 Å². The van der Waals surface area contributed by atoms with Crippen molar-refractivity contribution in [2.75, 3.05) is 0 Å². The Morgan fingerprint density at radius 3 is 2.70 bits per heavy atom. The summed E-state index contributed by atoms with van der Waals surface area (Å²) in [7, 11) is 0. The molecule has 0 aromatic rings. The van der Waals surface area contributed by atoms with Crippen molar-refractivity contribution >= 4 is 0 Å². The molecule has 0 saturated heterocycles. The van der Waals surface area contributed by atoms with Crippen molar-refractivity contribution in [2.24, 2.45) is 5.92 Å². The van der Waals surface area contributed by atoms with Crippen LogP contribution in [0.25, 0.3) is 0 Å². The second kappa shape index (κ2) is 3.09. The Hall–Kier alpha value is -0.460. The minimum atomic E-state index is 0.470. The van der Waals surface area contributed by atoms with Crippen LogP contribution in [-0.2, 0) is 4.74 Å². The van der Waals surface area contributed by atoms with Crippen molar-refractivity contribution in [1.82, 2.24) is 0 Å². The molecule has 58 valence electrons. The summed E-state index contributed by atoms with van der Waals surface area (Å²) in [5.41, 5.74) is 1.46. The number of hydrogen-bond donors (Lipinski definition) is 0. The van der Waals surface area contributed by atoms with Crippen LogP contribution in [-0.4, -0.2) is 6.10 Å². The van der Waals surface area contributed by atoms with E-state index in [1.807, 2.05) is 6.26 Å². The van der Waals surface area contributed by atoms with E-state index in [9.17, 15) is 0 Å². The standard InChI is InChI=1S/C9H16O/c1-4-9-5-8(6-10-9)7(2)3/h6-7,9H,4-5H2,1-3H3. The van der Waals surface area contributed by atoms with Crippen LogP contribution in [0.2, 0.25) is 0 Å². The summed E-state index contributed by atoms with van der Waals surface area (Å²) in [6.45, 7) is 6.60. The Labute approximate surface area is 63.1 Å². The van der Waals surface area contributed by atoms with Crippen molar-refractivity contribution in [3.05, 3.63) is 11.8 Å². The maximum atomic E-state index is 5.41. The van der Waals surface area contributed by atoms with Crippen LogP contribution >= 0.6 is 0 Å². The van der Waals surface area contributed by atoms with Crippen LogP contribution < -0.4 is 0 Å². The van der Waals surface area contributed by atoms with Gasteiger partial charge in [-0.3, -0.25) is 0 Å². The van der Waals surface area contributed by atoms with Crippen LogP contribution in [0.15, 0.2) is 11.8 Å². The molecule has 0 saturated carbocycles. The molecule has 10 heavy (non-hydrogen) atoms. The lowest BCUT2D eigenvalue weighted by Gasteiger charge is -2.06. The first-order chi connectivity index (χ1) is 4.74. The summed E-state index contributed by atoms with van der Waals surface area (Å²) >= 11 is 0. The molecule has 0 amide bonds. The van der Waals surface area contributed by atoms with Gasteiger partial charge < -0.3 is 4.74 Å². The number of rotatable bonds is 2. The molecule has 1 atom stereocenters. The van der Waals surface area contributed by atoms with Gasteiger partial charge in [0.15, 0.2) is 0 Å². The van der Waals surface area contributed by atoms with Gasteiger partial charge in [-0.2, -0.15) is 0 Å². The van der Waals surface area contributed by atoms with E-state index in [1.165, 1.54) is 5.57 Å². The highest BCUT2D eigenvalue weighted by molar-refractivity contribution is 5.07. The van der Waals surface area contributed by atoms with Gasteiger partial charge in [-0.25, -0.2) is 0 Å². The molecular formula is C9H16O. The topological polar surface area (TPSA) is 9.23 Å². The summed E-state index contributed by atoms with van der Waals surface area (Å²) in [6, 6.07) is 0. The lowest BCUT2D eigenvalue weighted by Crippen LogP contribution is -2.03. The van der Waals surface area contributed by atoms with Crippen molar-refractivity contribution in [3.8, 4) is 0 Å². The van der Waals surface area contributed by atoms with Crippen molar-refractivity contribution in [1.29, 1.82) is 0 Å². The highest BCUT2D eigenvalue weighted by atomic mass is 16.5. The summed E-state index contributed by atoms with van der Waals surface area (Å²) in [4.78, 5) is 0. The molecule has 1 heterocycles. The minimum Gasteiger partial charge on any atom is -0.498 e. The fourth-order valence-electron chi connectivity index (χ4n) is 1.16. The monoisotopic (exact) mass is 140 g/mol. The highest BCUT2D eigenvalue weighted by Crippen LogP contribution is 2.25. The van der Waals surface area contributed by atoms with Gasteiger partial charge in [0, 0.05) is 6.42 Å². The zero-order valence-electron chi connectivity index (χ0n) is 7.05. The molecule has 0 spiro atoms. The first-order valence-electron chi connectivity index (χ1n) is 4.08. The van der Waals surface area contributed by atoms with E-state index in [-0.39, 0.29) is 0 Å². The molecule has 0 fully saturated rings. The molecule has 0 bridgehead atoms. The van der Waals surface area contributed by atoms with Crippen LogP contribution in [0.3, 0.4) is 0 Å². The SMILES string of the molecule is CCC1CC(C(C)C)=CO1. The Morgan fingerprint density at radius 2 is 2.40 bits per heavy atom. The van der Waals surface area contributed by atoms with Crippen molar-refractivity contribution in [2.45, 2.75) is 39.7 Å². The zero-order valence-corrected chi connectivity index (χ0v) is 7.05. The minimum absolute atomic E-state index is 0.470. The summed E-state index contributed by atoms with van der Waals surface area (Å²) in [5, 5.41) is 0. The van der Waals surface area contributed by atoms with Crippen molar-refractivity contribution in [3.63, 3.8) is 0 Å². The average molecular weight is 140 g/mol. The lowest BCUT2D eigenvalue weighted by molar-refractivity contribution is 0.166. The van der Waals surface area contributed by atoms with Crippen LogP contribution in [0.5, 0.6) is 0 Å². The van der Waals surface area contributed by atoms with E-state index in [1.54, 1.807) is 0 Å². The number of hydrogen-bond acceptors (Lipinski definition) is 1. The van der Waals surface area contributed by atoms with Gasteiger partial charge in [-0.15, -0.1) is 0 Å². The molecule has 1 aliphatic rings. The Balaban J connectivity index is 2.39. The van der Waals surface area contributed by atoms with Gasteiger partial charge in [0.2, 0.25) is 0 Å².